The van der Waals surface area contributed by atoms with Crippen LogP contribution >= 0.6 is 0 Å². The van der Waals surface area contributed by atoms with Gasteiger partial charge in [-0.15, -0.1) is 0 Å². The van der Waals surface area contributed by atoms with Crippen molar-refractivity contribution in [1.29, 1.82) is 0 Å². The van der Waals surface area contributed by atoms with Gasteiger partial charge < -0.3 is 4.42 Å². The second kappa shape index (κ2) is 5.20. The van der Waals surface area contributed by atoms with Crippen LogP contribution in [0.15, 0.2) is 53.3 Å². The molecule has 4 aromatic rings. The molecule has 3 nitrogen and oxygen atoms in total. The molecule has 0 fully saturated rings. The van der Waals surface area contributed by atoms with E-state index in [2.05, 4.69) is 24.0 Å². The standard InChI is InChI=1S/C20H19N2O/c1-4-14-5-6-18(22(3)12-14)16-10-17-15-7-8-21-11-20(15)23-19(17)9-13(16)2/h5-12H,4H2,1-3H3/q+1/i4D2. The van der Waals surface area contributed by atoms with Crippen molar-refractivity contribution in [3.05, 3.63) is 60.0 Å². The SMILES string of the molecule is [2H]C([2H])(C)c1ccc(-c2cc3c(cc2C)oc2cnccc23)[n+](C)c1. The van der Waals surface area contributed by atoms with Crippen molar-refractivity contribution in [2.75, 3.05) is 0 Å². The van der Waals surface area contributed by atoms with Gasteiger partial charge in [0.25, 0.3) is 0 Å². The first-order chi connectivity index (χ1) is 11.8. The minimum atomic E-state index is -1.36. The maximum Gasteiger partial charge on any atom is 0.212 e. The lowest BCUT2D eigenvalue weighted by Gasteiger charge is -2.06. The van der Waals surface area contributed by atoms with Crippen molar-refractivity contribution in [1.82, 2.24) is 4.98 Å². The highest BCUT2D eigenvalue weighted by molar-refractivity contribution is 6.06. The molecule has 0 aliphatic rings. The summed E-state index contributed by atoms with van der Waals surface area (Å²) in [5.74, 6) is 0. The predicted octanol–water partition coefficient (Wildman–Crippen LogP) is 4.34. The van der Waals surface area contributed by atoms with Crippen LogP contribution < -0.4 is 4.57 Å². The van der Waals surface area contributed by atoms with E-state index in [1.807, 2.05) is 36.0 Å². The van der Waals surface area contributed by atoms with Crippen molar-refractivity contribution in [3.8, 4) is 11.3 Å². The number of nitrogens with zero attached hydrogens (tertiary/aromatic N) is 2. The minimum Gasteiger partial charge on any atom is -0.454 e. The molecule has 0 aliphatic heterocycles. The largest absolute Gasteiger partial charge is 0.454 e. The van der Waals surface area contributed by atoms with Crippen LogP contribution in [0.3, 0.4) is 0 Å². The first-order valence-corrected chi connectivity index (χ1v) is 7.62. The first-order valence-electron chi connectivity index (χ1n) is 8.62. The normalized spacial score (nSPS) is 13.3. The number of pyridine rings is 2. The number of hydrogen-bond donors (Lipinski definition) is 0. The molecular formula is C20H19N2O+. The molecule has 3 aromatic heterocycles. The summed E-state index contributed by atoms with van der Waals surface area (Å²) < 4.78 is 23.7. The summed E-state index contributed by atoms with van der Waals surface area (Å²) in [6.07, 6.45) is 4.01. The third kappa shape index (κ3) is 2.20. The van der Waals surface area contributed by atoms with E-state index in [1.165, 1.54) is 0 Å². The second-order valence-electron chi connectivity index (χ2n) is 5.80. The minimum absolute atomic E-state index is 0.664. The Morgan fingerprint density at radius 1 is 1.17 bits per heavy atom. The molecule has 0 saturated heterocycles. The monoisotopic (exact) mass is 305 g/mol. The first kappa shape index (κ1) is 11.8. The van der Waals surface area contributed by atoms with E-state index >= 15 is 0 Å². The van der Waals surface area contributed by atoms with E-state index in [4.69, 9.17) is 7.16 Å². The zero-order valence-electron chi connectivity index (χ0n) is 15.4. The fourth-order valence-electron chi connectivity index (χ4n) is 3.09. The quantitative estimate of drug-likeness (QED) is 0.516. The number of aryl methyl sites for hydroxylation is 3. The van der Waals surface area contributed by atoms with E-state index in [1.54, 1.807) is 19.3 Å². The Bertz CT molecular complexity index is 1110. The van der Waals surface area contributed by atoms with Crippen LogP contribution in [0.5, 0.6) is 0 Å². The summed E-state index contributed by atoms with van der Waals surface area (Å²) in [5, 5.41) is 2.11. The maximum atomic E-state index is 7.90. The molecule has 0 bridgehead atoms. The number of hydrogen-bond acceptors (Lipinski definition) is 2. The van der Waals surface area contributed by atoms with Crippen LogP contribution in [-0.4, -0.2) is 4.98 Å². The maximum absolute atomic E-state index is 7.90. The predicted molar refractivity (Wildman–Crippen MR) is 92.2 cm³/mol. The molecule has 0 aliphatic carbocycles. The van der Waals surface area contributed by atoms with Crippen LogP contribution in [0.25, 0.3) is 33.2 Å². The molecule has 23 heavy (non-hydrogen) atoms. The summed E-state index contributed by atoms with van der Waals surface area (Å²) >= 11 is 0. The molecule has 0 spiro atoms. The van der Waals surface area contributed by atoms with Gasteiger partial charge in [0.2, 0.25) is 5.69 Å². The second-order valence-corrected chi connectivity index (χ2v) is 5.80. The number of benzene rings is 1. The van der Waals surface area contributed by atoms with Gasteiger partial charge in [-0.05, 0) is 43.1 Å². The topological polar surface area (TPSA) is 29.9 Å². The smallest absolute Gasteiger partial charge is 0.212 e. The fraction of sp³-hybridized carbons (Fsp3) is 0.200. The molecule has 0 amide bonds. The third-order valence-electron chi connectivity index (χ3n) is 4.32. The van der Waals surface area contributed by atoms with Gasteiger partial charge in [0, 0.05) is 36.9 Å². The highest BCUT2D eigenvalue weighted by atomic mass is 16.3. The van der Waals surface area contributed by atoms with Crippen molar-refractivity contribution in [3.63, 3.8) is 0 Å². The van der Waals surface area contributed by atoms with Crippen molar-refractivity contribution in [2.24, 2.45) is 7.05 Å². The summed E-state index contributed by atoms with van der Waals surface area (Å²) in [7, 11) is 1.95. The van der Waals surface area contributed by atoms with Gasteiger partial charge in [0.05, 0.1) is 6.20 Å². The molecule has 114 valence electrons. The van der Waals surface area contributed by atoms with Crippen LogP contribution in [-0.2, 0) is 13.4 Å². The molecule has 3 heterocycles. The summed E-state index contributed by atoms with van der Waals surface area (Å²) in [6, 6.07) is 10.0. The van der Waals surface area contributed by atoms with Crippen LogP contribution in [0.1, 0.15) is 20.8 Å². The Balaban J connectivity index is 1.94. The Kier molecular flexibility index (Phi) is 2.67. The zero-order chi connectivity index (χ0) is 17.8. The van der Waals surface area contributed by atoms with Gasteiger partial charge in [-0.25, -0.2) is 4.57 Å². The Labute approximate surface area is 138 Å². The van der Waals surface area contributed by atoms with E-state index in [0.29, 0.717) is 5.56 Å². The van der Waals surface area contributed by atoms with Gasteiger partial charge in [0.15, 0.2) is 11.8 Å². The number of fused-ring (bicyclic) bond motifs is 3. The van der Waals surface area contributed by atoms with Gasteiger partial charge in [-0.3, -0.25) is 4.98 Å². The van der Waals surface area contributed by atoms with E-state index in [9.17, 15) is 0 Å². The molecule has 1 aromatic carbocycles. The lowest BCUT2D eigenvalue weighted by atomic mass is 10.0. The van der Waals surface area contributed by atoms with Crippen LogP contribution in [0.4, 0.5) is 0 Å². The van der Waals surface area contributed by atoms with E-state index in [0.717, 1.165) is 38.8 Å². The number of rotatable bonds is 2. The van der Waals surface area contributed by atoms with E-state index < -0.39 is 6.37 Å². The van der Waals surface area contributed by atoms with Crippen molar-refractivity contribution >= 4 is 21.9 Å². The van der Waals surface area contributed by atoms with Gasteiger partial charge in [-0.1, -0.05) is 6.92 Å². The Hall–Kier alpha value is -2.68. The van der Waals surface area contributed by atoms with Crippen LogP contribution in [0, 0.1) is 6.92 Å². The Morgan fingerprint density at radius 2 is 2.04 bits per heavy atom. The summed E-state index contributed by atoms with van der Waals surface area (Å²) in [5.41, 5.74) is 5.56. The van der Waals surface area contributed by atoms with Crippen LogP contribution in [0.2, 0.25) is 0 Å². The highest BCUT2D eigenvalue weighted by Crippen LogP contribution is 2.33. The average molecular weight is 305 g/mol. The summed E-state index contributed by atoms with van der Waals surface area (Å²) in [4.78, 5) is 4.12. The summed E-state index contributed by atoms with van der Waals surface area (Å²) in [6.45, 7) is 3.64. The number of aromatic nitrogens is 2. The molecule has 0 N–H and O–H groups in total. The van der Waals surface area contributed by atoms with Gasteiger partial charge >= 0.3 is 0 Å². The lowest BCUT2D eigenvalue weighted by Crippen LogP contribution is -2.31. The average Bonchev–Trinajstić information content (AvgIpc) is 2.90. The molecular weight excluding hydrogens is 284 g/mol. The third-order valence-corrected chi connectivity index (χ3v) is 4.32. The molecule has 0 atom stereocenters. The molecule has 4 rings (SSSR count). The lowest BCUT2D eigenvalue weighted by molar-refractivity contribution is -0.660. The molecule has 3 heteroatoms. The Morgan fingerprint density at radius 3 is 2.83 bits per heavy atom. The zero-order valence-corrected chi connectivity index (χ0v) is 13.4. The van der Waals surface area contributed by atoms with E-state index in [-0.39, 0.29) is 0 Å². The van der Waals surface area contributed by atoms with Crippen molar-refractivity contribution < 1.29 is 11.7 Å². The molecule has 0 unspecified atom stereocenters. The van der Waals surface area contributed by atoms with Gasteiger partial charge in [0.1, 0.15) is 12.6 Å². The highest BCUT2D eigenvalue weighted by Gasteiger charge is 2.16. The molecule has 0 radical (unpaired) electrons. The number of furan rings is 1. The van der Waals surface area contributed by atoms with Gasteiger partial charge in [-0.2, -0.15) is 0 Å². The molecule has 0 saturated carbocycles. The van der Waals surface area contributed by atoms with Crippen molar-refractivity contribution in [2.45, 2.75) is 20.2 Å². The fourth-order valence-corrected chi connectivity index (χ4v) is 3.09.